The number of halogens is 3. The van der Waals surface area contributed by atoms with Crippen LogP contribution in [-0.2, 0) is 9.53 Å². The largest absolute Gasteiger partial charge is 0.463 e. The van der Waals surface area contributed by atoms with Crippen LogP contribution < -0.4 is 15.5 Å². The van der Waals surface area contributed by atoms with Crippen LogP contribution in [0, 0.1) is 17.5 Å². The Morgan fingerprint density at radius 1 is 1.03 bits per heavy atom. The highest BCUT2D eigenvalue weighted by Crippen LogP contribution is 2.29. The Morgan fingerprint density at radius 2 is 1.74 bits per heavy atom. The molecule has 1 atom stereocenters. The van der Waals surface area contributed by atoms with Gasteiger partial charge in [0.2, 0.25) is 0 Å². The Labute approximate surface area is 195 Å². The van der Waals surface area contributed by atoms with Gasteiger partial charge in [-0.25, -0.2) is 22.8 Å². The first-order chi connectivity index (χ1) is 16.4. The molecule has 2 amide bonds. The van der Waals surface area contributed by atoms with E-state index in [-0.39, 0.29) is 30.1 Å². The predicted octanol–water partition coefficient (Wildman–Crippen LogP) is 3.10. The summed E-state index contributed by atoms with van der Waals surface area (Å²) in [6, 6.07) is 7.99. The molecule has 0 aromatic heterocycles. The number of anilines is 1. The number of benzene rings is 2. The standard InChI is InChI=1S/C24H25F3N4O3/c1-2-34-23(32)21-20(28-24(33)29-22(21)15-3-8-18(26)19(27)13-15)14-30-9-11-31(12-10-30)17-6-4-16(25)5-7-17/h3-8,13,22H,2,9-12,14H2,1H3,(H2,28,29,33). The van der Waals surface area contributed by atoms with Crippen molar-refractivity contribution in [2.45, 2.75) is 13.0 Å². The van der Waals surface area contributed by atoms with Crippen molar-refractivity contribution in [3.05, 3.63) is 76.7 Å². The molecule has 0 bridgehead atoms. The van der Waals surface area contributed by atoms with E-state index in [1.54, 1.807) is 19.1 Å². The lowest BCUT2D eigenvalue weighted by Gasteiger charge is -2.38. The second kappa shape index (κ2) is 10.2. The lowest BCUT2D eigenvalue weighted by molar-refractivity contribution is -0.139. The number of ether oxygens (including phenoxy) is 1. The molecule has 2 N–H and O–H groups in total. The van der Waals surface area contributed by atoms with Crippen molar-refractivity contribution in [3.8, 4) is 0 Å². The molecule has 34 heavy (non-hydrogen) atoms. The van der Waals surface area contributed by atoms with Crippen LogP contribution >= 0.6 is 0 Å². The van der Waals surface area contributed by atoms with E-state index in [0.717, 1.165) is 17.8 Å². The molecule has 0 spiro atoms. The summed E-state index contributed by atoms with van der Waals surface area (Å²) < 4.78 is 45.8. The van der Waals surface area contributed by atoms with Gasteiger partial charge in [-0.15, -0.1) is 0 Å². The van der Waals surface area contributed by atoms with Crippen LogP contribution in [0.2, 0.25) is 0 Å². The van der Waals surface area contributed by atoms with Crippen molar-refractivity contribution in [2.75, 3.05) is 44.2 Å². The number of carbonyl (C=O) groups is 2. The summed E-state index contributed by atoms with van der Waals surface area (Å²) in [5.41, 5.74) is 1.65. The number of amides is 2. The van der Waals surface area contributed by atoms with Crippen LogP contribution in [0.3, 0.4) is 0 Å². The van der Waals surface area contributed by atoms with Crippen LogP contribution in [-0.4, -0.2) is 56.2 Å². The van der Waals surface area contributed by atoms with E-state index in [0.29, 0.717) is 31.9 Å². The predicted molar refractivity (Wildman–Crippen MR) is 119 cm³/mol. The lowest BCUT2D eigenvalue weighted by Crippen LogP contribution is -2.51. The van der Waals surface area contributed by atoms with Gasteiger partial charge in [0, 0.05) is 44.1 Å². The van der Waals surface area contributed by atoms with Gasteiger partial charge in [-0.3, -0.25) is 4.90 Å². The van der Waals surface area contributed by atoms with Gasteiger partial charge in [0.05, 0.1) is 18.2 Å². The average Bonchev–Trinajstić information content (AvgIpc) is 2.81. The van der Waals surface area contributed by atoms with Crippen LogP contribution in [0.1, 0.15) is 18.5 Å². The Hall–Kier alpha value is -3.53. The van der Waals surface area contributed by atoms with Gasteiger partial charge in [-0.1, -0.05) is 6.07 Å². The van der Waals surface area contributed by atoms with E-state index in [4.69, 9.17) is 4.74 Å². The molecule has 1 fully saturated rings. The molecule has 2 aliphatic rings. The number of carbonyl (C=O) groups excluding carboxylic acids is 2. The Kier molecular flexibility index (Phi) is 7.06. The third-order valence-corrected chi connectivity index (χ3v) is 5.87. The van der Waals surface area contributed by atoms with E-state index in [1.807, 2.05) is 0 Å². The Balaban J connectivity index is 1.56. The van der Waals surface area contributed by atoms with E-state index in [9.17, 15) is 22.8 Å². The minimum absolute atomic E-state index is 0.115. The van der Waals surface area contributed by atoms with E-state index in [1.165, 1.54) is 18.2 Å². The molecular formula is C24H25F3N4O3. The number of nitrogens with zero attached hydrogens (tertiary/aromatic N) is 2. The van der Waals surface area contributed by atoms with E-state index >= 15 is 0 Å². The zero-order valence-electron chi connectivity index (χ0n) is 18.6. The molecule has 1 saturated heterocycles. The minimum atomic E-state index is -1.08. The molecule has 2 aromatic rings. The molecule has 0 aliphatic carbocycles. The van der Waals surface area contributed by atoms with Gasteiger partial charge >= 0.3 is 12.0 Å². The normalized spacial score (nSPS) is 19.0. The van der Waals surface area contributed by atoms with Crippen molar-refractivity contribution in [1.82, 2.24) is 15.5 Å². The van der Waals surface area contributed by atoms with Gasteiger partial charge in [0.1, 0.15) is 5.82 Å². The van der Waals surface area contributed by atoms with Gasteiger partial charge in [-0.05, 0) is 48.9 Å². The summed E-state index contributed by atoms with van der Waals surface area (Å²) in [4.78, 5) is 29.5. The van der Waals surface area contributed by atoms with Gasteiger partial charge in [-0.2, -0.15) is 0 Å². The number of nitrogens with one attached hydrogen (secondary N) is 2. The van der Waals surface area contributed by atoms with Crippen molar-refractivity contribution in [3.63, 3.8) is 0 Å². The second-order valence-electron chi connectivity index (χ2n) is 8.06. The number of hydrogen-bond acceptors (Lipinski definition) is 5. The first-order valence-electron chi connectivity index (χ1n) is 11.0. The fourth-order valence-electron chi connectivity index (χ4n) is 4.17. The van der Waals surface area contributed by atoms with Gasteiger partial charge < -0.3 is 20.3 Å². The molecule has 2 aromatic carbocycles. The molecule has 1 unspecified atom stereocenters. The first-order valence-corrected chi connectivity index (χ1v) is 11.0. The SMILES string of the molecule is CCOC(=O)C1=C(CN2CCN(c3ccc(F)cc3)CC2)NC(=O)NC1c1ccc(F)c(F)c1. The Bertz CT molecular complexity index is 1100. The lowest BCUT2D eigenvalue weighted by atomic mass is 9.94. The van der Waals surface area contributed by atoms with Crippen LogP contribution in [0.25, 0.3) is 0 Å². The molecule has 2 heterocycles. The van der Waals surface area contributed by atoms with Crippen LogP contribution in [0.5, 0.6) is 0 Å². The summed E-state index contributed by atoms with van der Waals surface area (Å²) in [5, 5.41) is 5.31. The number of hydrogen-bond donors (Lipinski definition) is 2. The van der Waals surface area contributed by atoms with Gasteiger partial charge in [0.15, 0.2) is 11.6 Å². The molecule has 10 heteroatoms. The summed E-state index contributed by atoms with van der Waals surface area (Å²) in [6.07, 6.45) is 0. The highest BCUT2D eigenvalue weighted by atomic mass is 19.2. The average molecular weight is 474 g/mol. The summed E-state index contributed by atoms with van der Waals surface area (Å²) in [7, 11) is 0. The highest BCUT2D eigenvalue weighted by molar-refractivity contribution is 5.95. The number of rotatable bonds is 6. The Morgan fingerprint density at radius 3 is 2.38 bits per heavy atom. The fraction of sp³-hybridized carbons (Fsp3) is 0.333. The maximum Gasteiger partial charge on any atom is 0.338 e. The first kappa shape index (κ1) is 23.6. The molecule has 7 nitrogen and oxygen atoms in total. The zero-order chi connectivity index (χ0) is 24.2. The van der Waals surface area contributed by atoms with E-state index < -0.39 is 29.7 Å². The minimum Gasteiger partial charge on any atom is -0.463 e. The summed E-state index contributed by atoms with van der Waals surface area (Å²) >= 11 is 0. The van der Waals surface area contributed by atoms with Gasteiger partial charge in [0.25, 0.3) is 0 Å². The molecular weight excluding hydrogens is 449 g/mol. The topological polar surface area (TPSA) is 73.9 Å². The summed E-state index contributed by atoms with van der Waals surface area (Å²) in [5.74, 6) is -3.04. The second-order valence-corrected chi connectivity index (χ2v) is 8.06. The zero-order valence-corrected chi connectivity index (χ0v) is 18.6. The third-order valence-electron chi connectivity index (χ3n) is 5.87. The van der Waals surface area contributed by atoms with Crippen molar-refractivity contribution in [2.24, 2.45) is 0 Å². The number of piperazine rings is 1. The quantitative estimate of drug-likeness (QED) is 0.630. The van der Waals surface area contributed by atoms with Crippen molar-refractivity contribution < 1.29 is 27.5 Å². The maximum absolute atomic E-state index is 13.9. The smallest absolute Gasteiger partial charge is 0.338 e. The van der Waals surface area contributed by atoms with Crippen LogP contribution in [0.15, 0.2) is 53.7 Å². The molecule has 4 rings (SSSR count). The monoisotopic (exact) mass is 474 g/mol. The fourth-order valence-corrected chi connectivity index (χ4v) is 4.17. The molecule has 180 valence electrons. The third kappa shape index (κ3) is 5.17. The number of urea groups is 1. The summed E-state index contributed by atoms with van der Waals surface area (Å²) in [6.45, 7) is 4.66. The van der Waals surface area contributed by atoms with Crippen LogP contribution in [0.4, 0.5) is 23.7 Å². The van der Waals surface area contributed by atoms with Crippen molar-refractivity contribution >= 4 is 17.7 Å². The number of esters is 1. The molecule has 2 aliphatic heterocycles. The highest BCUT2D eigenvalue weighted by Gasteiger charge is 2.35. The van der Waals surface area contributed by atoms with Crippen molar-refractivity contribution in [1.29, 1.82) is 0 Å². The molecule has 0 radical (unpaired) electrons. The molecule has 0 saturated carbocycles. The maximum atomic E-state index is 13.9. The van der Waals surface area contributed by atoms with E-state index in [2.05, 4.69) is 20.4 Å².